The van der Waals surface area contributed by atoms with E-state index in [0.29, 0.717) is 32.5 Å². The minimum absolute atomic E-state index is 0. The number of nitrogens with one attached hydrogen (secondary N) is 3. The molecule has 0 saturated carbocycles. The summed E-state index contributed by atoms with van der Waals surface area (Å²) in [6, 6.07) is 0. The average Bonchev–Trinajstić information content (AvgIpc) is 2.86. The molecule has 2 aliphatic heterocycles. The maximum Gasteiger partial charge on any atom is 0.224 e. The van der Waals surface area contributed by atoms with Crippen LogP contribution < -0.4 is 16.0 Å². The van der Waals surface area contributed by atoms with Crippen LogP contribution >= 0.6 is 12.4 Å². The van der Waals surface area contributed by atoms with Gasteiger partial charge in [0, 0.05) is 26.6 Å². The lowest BCUT2D eigenvalue weighted by Gasteiger charge is -2.30. The first-order chi connectivity index (χ1) is 9.15. The Bertz CT molecular complexity index is 336. The molecule has 0 radical (unpaired) electrons. The van der Waals surface area contributed by atoms with Crippen LogP contribution in [0.3, 0.4) is 0 Å². The number of ether oxygens (including phenoxy) is 1. The molecule has 0 bridgehead atoms. The highest BCUT2D eigenvalue weighted by Gasteiger charge is 2.34. The summed E-state index contributed by atoms with van der Waals surface area (Å²) < 4.78 is 5.25. The van der Waals surface area contributed by atoms with Crippen molar-refractivity contribution >= 4 is 24.2 Å². The lowest BCUT2D eigenvalue weighted by molar-refractivity contribution is -0.129. The molecule has 0 aromatic heterocycles. The number of halogens is 1. The van der Waals surface area contributed by atoms with Crippen LogP contribution in [0.2, 0.25) is 0 Å². The van der Waals surface area contributed by atoms with Crippen molar-refractivity contribution in [3.05, 3.63) is 0 Å². The van der Waals surface area contributed by atoms with E-state index in [0.717, 1.165) is 19.4 Å². The Morgan fingerprint density at radius 3 is 2.90 bits per heavy atom. The quantitative estimate of drug-likeness (QED) is 0.658. The van der Waals surface area contributed by atoms with Crippen LogP contribution in [0.5, 0.6) is 0 Å². The van der Waals surface area contributed by atoms with Crippen molar-refractivity contribution in [2.45, 2.75) is 31.2 Å². The topological polar surface area (TPSA) is 79.5 Å². The first-order valence-corrected chi connectivity index (χ1v) is 6.94. The SMILES string of the molecule is COCC1(CNC(=O)C2CCC(=O)NC2)CCCN1.Cl. The van der Waals surface area contributed by atoms with E-state index in [2.05, 4.69) is 16.0 Å². The van der Waals surface area contributed by atoms with E-state index in [1.807, 2.05) is 0 Å². The molecule has 2 amide bonds. The standard InChI is InChI=1S/C13H23N3O3.ClH/c1-19-9-13(5-2-6-16-13)8-15-12(18)10-3-4-11(17)14-7-10;/h10,16H,2-9H2,1H3,(H,14,17)(H,15,18);1H. The highest BCUT2D eigenvalue weighted by Crippen LogP contribution is 2.19. The van der Waals surface area contributed by atoms with Gasteiger partial charge < -0.3 is 20.7 Å². The Morgan fingerprint density at radius 2 is 2.35 bits per heavy atom. The van der Waals surface area contributed by atoms with Crippen LogP contribution in [0.1, 0.15) is 25.7 Å². The maximum absolute atomic E-state index is 12.1. The summed E-state index contributed by atoms with van der Waals surface area (Å²) >= 11 is 0. The Kier molecular flexibility index (Phi) is 6.71. The third kappa shape index (κ3) is 4.33. The molecule has 6 nitrogen and oxygen atoms in total. The monoisotopic (exact) mass is 305 g/mol. The molecule has 20 heavy (non-hydrogen) atoms. The van der Waals surface area contributed by atoms with Gasteiger partial charge >= 0.3 is 0 Å². The van der Waals surface area contributed by atoms with Crippen molar-refractivity contribution in [2.75, 3.05) is 33.4 Å². The fourth-order valence-electron chi connectivity index (χ4n) is 2.83. The molecular formula is C13H24ClN3O3. The van der Waals surface area contributed by atoms with Crippen LogP contribution in [0.15, 0.2) is 0 Å². The van der Waals surface area contributed by atoms with E-state index in [1.54, 1.807) is 7.11 Å². The zero-order chi connectivity index (χ0) is 13.7. The molecule has 116 valence electrons. The molecule has 2 aliphatic rings. The van der Waals surface area contributed by atoms with Crippen molar-refractivity contribution in [2.24, 2.45) is 5.92 Å². The van der Waals surface area contributed by atoms with Gasteiger partial charge in [-0.1, -0.05) is 0 Å². The summed E-state index contributed by atoms with van der Waals surface area (Å²) in [6.07, 6.45) is 3.21. The van der Waals surface area contributed by atoms with Gasteiger partial charge in [-0.05, 0) is 25.8 Å². The van der Waals surface area contributed by atoms with E-state index >= 15 is 0 Å². The first kappa shape index (κ1) is 17.2. The normalized spacial score (nSPS) is 29.4. The smallest absolute Gasteiger partial charge is 0.224 e. The van der Waals surface area contributed by atoms with Gasteiger partial charge in [-0.15, -0.1) is 12.4 Å². The number of carbonyl (C=O) groups is 2. The molecule has 2 rings (SSSR count). The van der Waals surface area contributed by atoms with Gasteiger partial charge in [-0.25, -0.2) is 0 Å². The van der Waals surface area contributed by atoms with Gasteiger partial charge in [-0.3, -0.25) is 9.59 Å². The second-order valence-electron chi connectivity index (χ2n) is 5.50. The number of methoxy groups -OCH3 is 1. The molecule has 0 aromatic rings. The van der Waals surface area contributed by atoms with E-state index in [1.165, 1.54) is 0 Å². The lowest BCUT2D eigenvalue weighted by Crippen LogP contribution is -2.54. The predicted octanol–water partition coefficient (Wildman–Crippen LogP) is -0.181. The summed E-state index contributed by atoms with van der Waals surface area (Å²) in [5.41, 5.74) is -0.123. The van der Waals surface area contributed by atoms with Crippen LogP contribution in [-0.2, 0) is 14.3 Å². The highest BCUT2D eigenvalue weighted by atomic mass is 35.5. The third-order valence-electron chi connectivity index (χ3n) is 3.99. The van der Waals surface area contributed by atoms with Crippen LogP contribution in [0.25, 0.3) is 0 Å². The number of hydrogen-bond donors (Lipinski definition) is 3. The summed E-state index contributed by atoms with van der Waals surface area (Å²) in [6.45, 7) is 2.62. The number of piperidine rings is 1. The summed E-state index contributed by atoms with van der Waals surface area (Å²) in [4.78, 5) is 23.1. The van der Waals surface area contributed by atoms with Crippen LogP contribution in [0, 0.1) is 5.92 Å². The molecule has 2 atom stereocenters. The van der Waals surface area contributed by atoms with Gasteiger partial charge in [0.1, 0.15) is 0 Å². The van der Waals surface area contributed by atoms with Gasteiger partial charge in [-0.2, -0.15) is 0 Å². The summed E-state index contributed by atoms with van der Waals surface area (Å²) in [5.74, 6) is -0.0276. The molecule has 7 heteroatoms. The Morgan fingerprint density at radius 1 is 1.55 bits per heavy atom. The van der Waals surface area contributed by atoms with Crippen molar-refractivity contribution in [1.29, 1.82) is 0 Å². The predicted molar refractivity (Wildman–Crippen MR) is 77.8 cm³/mol. The van der Waals surface area contributed by atoms with Gasteiger partial charge in [0.2, 0.25) is 11.8 Å². The van der Waals surface area contributed by atoms with Gasteiger partial charge in [0.25, 0.3) is 0 Å². The fraction of sp³-hybridized carbons (Fsp3) is 0.846. The minimum atomic E-state index is -0.123. The molecular weight excluding hydrogens is 282 g/mol. The fourth-order valence-corrected chi connectivity index (χ4v) is 2.83. The zero-order valence-electron chi connectivity index (χ0n) is 11.9. The number of rotatable bonds is 5. The van der Waals surface area contributed by atoms with Crippen LogP contribution in [-0.4, -0.2) is 50.7 Å². The zero-order valence-corrected chi connectivity index (χ0v) is 12.7. The Balaban J connectivity index is 0.00000200. The second kappa shape index (κ2) is 7.81. The molecule has 2 unspecified atom stereocenters. The molecule has 0 aromatic carbocycles. The molecule has 2 saturated heterocycles. The molecule has 0 spiro atoms. The van der Waals surface area contributed by atoms with Crippen molar-refractivity contribution in [1.82, 2.24) is 16.0 Å². The Hall–Kier alpha value is -0.850. The summed E-state index contributed by atoms with van der Waals surface area (Å²) in [5, 5.41) is 9.16. The summed E-state index contributed by atoms with van der Waals surface area (Å²) in [7, 11) is 1.68. The highest BCUT2D eigenvalue weighted by molar-refractivity contribution is 5.85. The number of hydrogen-bond acceptors (Lipinski definition) is 4. The third-order valence-corrected chi connectivity index (χ3v) is 3.99. The molecule has 3 N–H and O–H groups in total. The largest absolute Gasteiger partial charge is 0.383 e. The van der Waals surface area contributed by atoms with Crippen molar-refractivity contribution in [3.63, 3.8) is 0 Å². The number of carbonyl (C=O) groups excluding carboxylic acids is 2. The second-order valence-corrected chi connectivity index (χ2v) is 5.50. The average molecular weight is 306 g/mol. The molecule has 2 heterocycles. The maximum atomic E-state index is 12.1. The van der Waals surface area contributed by atoms with Crippen molar-refractivity contribution in [3.8, 4) is 0 Å². The van der Waals surface area contributed by atoms with E-state index in [9.17, 15) is 9.59 Å². The van der Waals surface area contributed by atoms with Crippen molar-refractivity contribution < 1.29 is 14.3 Å². The molecule has 2 fully saturated rings. The minimum Gasteiger partial charge on any atom is -0.383 e. The van der Waals surface area contributed by atoms with E-state index in [-0.39, 0.29) is 35.7 Å². The molecule has 0 aliphatic carbocycles. The Labute approximate surface area is 125 Å². The first-order valence-electron chi connectivity index (χ1n) is 6.94. The van der Waals surface area contributed by atoms with E-state index < -0.39 is 0 Å². The van der Waals surface area contributed by atoms with Crippen LogP contribution in [0.4, 0.5) is 0 Å². The van der Waals surface area contributed by atoms with Gasteiger partial charge in [0.15, 0.2) is 0 Å². The lowest BCUT2D eigenvalue weighted by atomic mass is 9.96. The van der Waals surface area contributed by atoms with Gasteiger partial charge in [0.05, 0.1) is 18.1 Å². The number of amides is 2. The van der Waals surface area contributed by atoms with E-state index in [4.69, 9.17) is 4.74 Å².